The molecule has 0 N–H and O–H groups in total. The van der Waals surface area contributed by atoms with Crippen molar-refractivity contribution in [3.8, 4) is 0 Å². The van der Waals surface area contributed by atoms with Gasteiger partial charge >= 0.3 is 11.9 Å². The molecule has 2 rings (SSSR count). The minimum absolute atomic E-state index is 0.189. The van der Waals surface area contributed by atoms with Gasteiger partial charge in [0.25, 0.3) is 5.67 Å². The molecular formula is C8H7F3O3. The molecule has 1 aliphatic carbocycles. The highest BCUT2D eigenvalue weighted by molar-refractivity contribution is 6.00. The fourth-order valence-electron chi connectivity index (χ4n) is 1.56. The minimum atomic E-state index is -4.23. The Labute approximate surface area is 77.2 Å². The molecule has 0 spiro atoms. The molecule has 1 aliphatic heterocycles. The van der Waals surface area contributed by atoms with Gasteiger partial charge in [0.2, 0.25) is 5.78 Å². The first kappa shape index (κ1) is 9.48. The minimum Gasteiger partial charge on any atom is -0.455 e. The van der Waals surface area contributed by atoms with E-state index >= 15 is 0 Å². The van der Waals surface area contributed by atoms with Gasteiger partial charge in [-0.3, -0.25) is 4.79 Å². The molecule has 0 radical (unpaired) electrons. The first-order chi connectivity index (χ1) is 6.40. The number of alkyl halides is 3. The van der Waals surface area contributed by atoms with Crippen LogP contribution in [0.25, 0.3) is 0 Å². The summed E-state index contributed by atoms with van der Waals surface area (Å²) >= 11 is 0. The van der Waals surface area contributed by atoms with Crippen LogP contribution in [0.2, 0.25) is 0 Å². The molecule has 14 heavy (non-hydrogen) atoms. The number of esters is 1. The maximum Gasteiger partial charge on any atom is 0.353 e. The van der Waals surface area contributed by atoms with Crippen LogP contribution in [-0.2, 0) is 14.3 Å². The van der Waals surface area contributed by atoms with Crippen molar-refractivity contribution >= 4 is 11.8 Å². The van der Waals surface area contributed by atoms with Crippen LogP contribution in [0.3, 0.4) is 0 Å². The Morgan fingerprint density at radius 3 is 2.29 bits per heavy atom. The number of hydrogen-bond donors (Lipinski definition) is 0. The average Bonchev–Trinajstić information content (AvgIpc) is 2.92. The predicted molar refractivity (Wildman–Crippen MR) is 37.5 cm³/mol. The summed E-state index contributed by atoms with van der Waals surface area (Å²) in [7, 11) is 0. The smallest absolute Gasteiger partial charge is 0.353 e. The molecule has 1 atom stereocenters. The lowest BCUT2D eigenvalue weighted by Gasteiger charge is -2.33. The van der Waals surface area contributed by atoms with Gasteiger partial charge in [0, 0.05) is 5.92 Å². The van der Waals surface area contributed by atoms with Crippen LogP contribution in [0.4, 0.5) is 13.2 Å². The number of Topliss-reactive ketones (excluding diaryl/α,β-unsaturated/α-hetero) is 1. The summed E-state index contributed by atoms with van der Waals surface area (Å²) in [6.45, 7) is -1.04. The molecule has 0 aromatic rings. The van der Waals surface area contributed by atoms with Gasteiger partial charge in [-0.05, 0) is 12.8 Å². The van der Waals surface area contributed by atoms with E-state index in [4.69, 9.17) is 0 Å². The van der Waals surface area contributed by atoms with Gasteiger partial charge in [0.05, 0.1) is 0 Å². The van der Waals surface area contributed by atoms with Gasteiger partial charge in [0.15, 0.2) is 6.61 Å². The van der Waals surface area contributed by atoms with Crippen molar-refractivity contribution in [1.82, 2.24) is 0 Å². The number of carbonyl (C=O) groups excluding carboxylic acids is 2. The molecule has 2 fully saturated rings. The van der Waals surface area contributed by atoms with E-state index in [1.807, 2.05) is 0 Å². The second-order valence-corrected chi connectivity index (χ2v) is 3.56. The van der Waals surface area contributed by atoms with Crippen molar-refractivity contribution < 1.29 is 27.5 Å². The van der Waals surface area contributed by atoms with Gasteiger partial charge in [-0.2, -0.15) is 8.78 Å². The standard InChI is InChI=1S/C8H7F3O3/c9-7(4-1-2-4)6(13)14-3-5(12)8(7,10)11/h4H,1-3H2. The summed E-state index contributed by atoms with van der Waals surface area (Å²) in [4.78, 5) is 21.7. The second-order valence-electron chi connectivity index (χ2n) is 3.56. The van der Waals surface area contributed by atoms with E-state index in [2.05, 4.69) is 4.74 Å². The molecule has 1 saturated heterocycles. The fraction of sp³-hybridized carbons (Fsp3) is 0.750. The van der Waals surface area contributed by atoms with E-state index in [9.17, 15) is 22.8 Å². The van der Waals surface area contributed by atoms with Gasteiger partial charge in [0.1, 0.15) is 0 Å². The number of rotatable bonds is 1. The first-order valence-corrected chi connectivity index (χ1v) is 4.18. The van der Waals surface area contributed by atoms with Gasteiger partial charge < -0.3 is 4.74 Å². The quantitative estimate of drug-likeness (QED) is 0.600. The summed E-state index contributed by atoms with van der Waals surface area (Å²) in [5, 5.41) is 0. The molecule has 0 aromatic heterocycles. The van der Waals surface area contributed by atoms with Crippen LogP contribution in [0.5, 0.6) is 0 Å². The third kappa shape index (κ3) is 0.936. The van der Waals surface area contributed by atoms with Crippen LogP contribution in [-0.4, -0.2) is 30.0 Å². The number of cyclic esters (lactones) is 1. The molecule has 1 saturated carbocycles. The summed E-state index contributed by atoms with van der Waals surface area (Å²) in [5.74, 6) is -8.57. The highest BCUT2D eigenvalue weighted by atomic mass is 19.3. The molecule has 0 bridgehead atoms. The van der Waals surface area contributed by atoms with Crippen LogP contribution >= 0.6 is 0 Å². The molecule has 2 aliphatic rings. The number of ketones is 1. The zero-order valence-corrected chi connectivity index (χ0v) is 7.06. The van der Waals surface area contributed by atoms with E-state index < -0.39 is 35.9 Å². The molecule has 1 heterocycles. The molecule has 6 heteroatoms. The number of halogens is 3. The number of carbonyl (C=O) groups is 2. The maximum atomic E-state index is 13.7. The zero-order valence-electron chi connectivity index (χ0n) is 7.06. The Bertz CT molecular complexity index is 311. The molecule has 1 unspecified atom stereocenters. The van der Waals surface area contributed by atoms with Crippen LogP contribution in [0.1, 0.15) is 12.8 Å². The molecule has 0 aromatic carbocycles. The van der Waals surface area contributed by atoms with Crippen molar-refractivity contribution in [2.75, 3.05) is 6.61 Å². The second kappa shape index (κ2) is 2.49. The fourth-order valence-corrected chi connectivity index (χ4v) is 1.56. The molecular weight excluding hydrogens is 201 g/mol. The van der Waals surface area contributed by atoms with Crippen molar-refractivity contribution in [2.24, 2.45) is 5.92 Å². The lowest BCUT2D eigenvalue weighted by Crippen LogP contribution is -2.62. The van der Waals surface area contributed by atoms with Gasteiger partial charge in [-0.25, -0.2) is 9.18 Å². The van der Waals surface area contributed by atoms with Crippen LogP contribution in [0, 0.1) is 5.92 Å². The summed E-state index contributed by atoms with van der Waals surface area (Å²) in [6, 6.07) is 0. The first-order valence-electron chi connectivity index (χ1n) is 4.18. The molecule has 78 valence electrons. The van der Waals surface area contributed by atoms with Crippen molar-refractivity contribution in [3.05, 3.63) is 0 Å². The highest BCUT2D eigenvalue weighted by Crippen LogP contribution is 2.52. The zero-order chi connectivity index (χ0) is 10.6. The van der Waals surface area contributed by atoms with E-state index in [1.165, 1.54) is 0 Å². The topological polar surface area (TPSA) is 43.4 Å². The largest absolute Gasteiger partial charge is 0.455 e. The number of ether oxygens (including phenoxy) is 1. The third-order valence-corrected chi connectivity index (χ3v) is 2.58. The lowest BCUT2D eigenvalue weighted by atomic mass is 9.87. The Balaban J connectivity index is 2.42. The monoisotopic (exact) mass is 208 g/mol. The van der Waals surface area contributed by atoms with E-state index in [0.29, 0.717) is 0 Å². The van der Waals surface area contributed by atoms with Crippen LogP contribution in [0.15, 0.2) is 0 Å². The van der Waals surface area contributed by atoms with E-state index in [0.717, 1.165) is 0 Å². The maximum absolute atomic E-state index is 13.7. The summed E-state index contributed by atoms with van der Waals surface area (Å²) in [6.07, 6.45) is 0.378. The Morgan fingerprint density at radius 1 is 1.21 bits per heavy atom. The number of hydrogen-bond acceptors (Lipinski definition) is 3. The Kier molecular flexibility index (Phi) is 1.69. The normalized spacial score (nSPS) is 36.8. The third-order valence-electron chi connectivity index (χ3n) is 2.58. The van der Waals surface area contributed by atoms with Gasteiger partial charge in [-0.15, -0.1) is 0 Å². The molecule has 0 amide bonds. The highest BCUT2D eigenvalue weighted by Gasteiger charge is 2.73. The van der Waals surface area contributed by atoms with Crippen molar-refractivity contribution in [3.63, 3.8) is 0 Å². The van der Waals surface area contributed by atoms with E-state index in [1.54, 1.807) is 0 Å². The van der Waals surface area contributed by atoms with Crippen molar-refractivity contribution in [1.29, 1.82) is 0 Å². The SMILES string of the molecule is O=C1COC(=O)C(F)(C2CC2)C1(F)F. The molecule has 3 nitrogen and oxygen atoms in total. The van der Waals surface area contributed by atoms with Crippen molar-refractivity contribution in [2.45, 2.75) is 24.4 Å². The Morgan fingerprint density at radius 2 is 1.79 bits per heavy atom. The van der Waals surface area contributed by atoms with E-state index in [-0.39, 0.29) is 12.8 Å². The van der Waals surface area contributed by atoms with Gasteiger partial charge in [-0.1, -0.05) is 0 Å². The predicted octanol–water partition coefficient (Wildman–Crippen LogP) is 0.866. The lowest BCUT2D eigenvalue weighted by molar-refractivity contribution is -0.214. The summed E-state index contributed by atoms with van der Waals surface area (Å²) < 4.78 is 44.2. The Hall–Kier alpha value is -1.07. The average molecular weight is 208 g/mol. The summed E-state index contributed by atoms with van der Waals surface area (Å²) in [5.41, 5.74) is -3.43. The van der Waals surface area contributed by atoms with Crippen LogP contribution < -0.4 is 0 Å².